The number of piperidine rings is 1. The Morgan fingerprint density at radius 3 is 2.35 bits per heavy atom. The number of nitrogens with zero attached hydrogens (tertiary/aromatic N) is 1. The van der Waals surface area contributed by atoms with Crippen LogP contribution < -0.4 is 5.32 Å². The molecule has 4 heteroatoms. The molecule has 0 radical (unpaired) electrons. The highest BCUT2D eigenvalue weighted by molar-refractivity contribution is 5.79. The second kappa shape index (κ2) is 5.64. The molecule has 0 amide bonds. The second-order valence-electron chi connectivity index (χ2n) is 7.78. The Bertz CT molecular complexity index is 357. The number of carboxylic acid groups (broad SMARTS) is 1. The van der Waals surface area contributed by atoms with Crippen molar-refractivity contribution in [2.45, 2.75) is 77.4 Å². The summed E-state index contributed by atoms with van der Waals surface area (Å²) in [5.41, 5.74) is -0.249. The number of rotatable bonds is 4. The molecule has 1 saturated heterocycles. The number of hydrogen-bond acceptors (Lipinski definition) is 3. The summed E-state index contributed by atoms with van der Waals surface area (Å²) in [6.07, 6.45) is 4.96. The summed E-state index contributed by atoms with van der Waals surface area (Å²) in [5, 5.41) is 12.9. The predicted octanol–water partition coefficient (Wildman–Crippen LogP) is 2.48. The SMILES string of the molecule is CC(C)NC1(C(=O)O)CCC(N2CCC(C)(C)CC2)C1. The number of aliphatic carboxylic acids is 1. The highest BCUT2D eigenvalue weighted by Crippen LogP contribution is 2.38. The molecule has 2 rings (SSSR count). The molecular weight excluding hydrogens is 252 g/mol. The minimum Gasteiger partial charge on any atom is -0.480 e. The van der Waals surface area contributed by atoms with Crippen LogP contribution in [-0.2, 0) is 4.79 Å². The van der Waals surface area contributed by atoms with E-state index in [1.165, 1.54) is 12.8 Å². The molecule has 2 atom stereocenters. The Morgan fingerprint density at radius 2 is 1.85 bits per heavy atom. The van der Waals surface area contributed by atoms with Gasteiger partial charge in [-0.15, -0.1) is 0 Å². The van der Waals surface area contributed by atoms with Crippen LogP contribution in [-0.4, -0.2) is 46.7 Å². The smallest absolute Gasteiger partial charge is 0.323 e. The van der Waals surface area contributed by atoms with Gasteiger partial charge in [-0.05, 0) is 64.5 Å². The lowest BCUT2D eigenvalue weighted by Crippen LogP contribution is -2.54. The zero-order chi connectivity index (χ0) is 15.0. The molecule has 2 unspecified atom stereocenters. The van der Waals surface area contributed by atoms with E-state index >= 15 is 0 Å². The molecule has 0 aromatic carbocycles. The summed E-state index contributed by atoms with van der Waals surface area (Å²) in [5.74, 6) is -0.675. The number of likely N-dealkylation sites (tertiary alicyclic amines) is 1. The summed E-state index contributed by atoms with van der Waals surface area (Å²) >= 11 is 0. The first-order chi connectivity index (χ1) is 9.24. The van der Waals surface area contributed by atoms with E-state index in [2.05, 4.69) is 24.1 Å². The summed E-state index contributed by atoms with van der Waals surface area (Å²) in [6, 6.07) is 0.651. The van der Waals surface area contributed by atoms with Crippen LogP contribution in [0.1, 0.15) is 59.8 Å². The van der Waals surface area contributed by atoms with E-state index in [1.54, 1.807) is 0 Å². The molecule has 2 aliphatic rings. The number of hydrogen-bond donors (Lipinski definition) is 2. The van der Waals surface area contributed by atoms with Gasteiger partial charge in [0.15, 0.2) is 0 Å². The van der Waals surface area contributed by atoms with Crippen molar-refractivity contribution in [3.05, 3.63) is 0 Å². The maximum atomic E-state index is 11.7. The third kappa shape index (κ3) is 3.34. The number of carboxylic acids is 1. The molecule has 1 saturated carbocycles. The first kappa shape index (κ1) is 15.8. The monoisotopic (exact) mass is 282 g/mol. The van der Waals surface area contributed by atoms with E-state index in [-0.39, 0.29) is 6.04 Å². The van der Waals surface area contributed by atoms with Gasteiger partial charge in [0.1, 0.15) is 5.54 Å². The van der Waals surface area contributed by atoms with Crippen LogP contribution in [0, 0.1) is 5.41 Å². The van der Waals surface area contributed by atoms with Crippen LogP contribution in [0.15, 0.2) is 0 Å². The van der Waals surface area contributed by atoms with E-state index in [0.717, 1.165) is 32.4 Å². The summed E-state index contributed by atoms with van der Waals surface area (Å²) in [6.45, 7) is 11.0. The summed E-state index contributed by atoms with van der Waals surface area (Å²) in [7, 11) is 0. The zero-order valence-electron chi connectivity index (χ0n) is 13.4. The Labute approximate surface area is 122 Å². The fourth-order valence-electron chi connectivity index (χ4n) is 3.77. The molecule has 0 aromatic heterocycles. The van der Waals surface area contributed by atoms with Gasteiger partial charge in [-0.25, -0.2) is 0 Å². The van der Waals surface area contributed by atoms with Crippen molar-refractivity contribution in [2.75, 3.05) is 13.1 Å². The van der Waals surface area contributed by atoms with Crippen molar-refractivity contribution in [3.63, 3.8) is 0 Å². The van der Waals surface area contributed by atoms with E-state index in [0.29, 0.717) is 11.5 Å². The Balaban J connectivity index is 1.98. The topological polar surface area (TPSA) is 52.6 Å². The van der Waals surface area contributed by atoms with Gasteiger partial charge in [0.05, 0.1) is 0 Å². The zero-order valence-corrected chi connectivity index (χ0v) is 13.4. The molecule has 1 aliphatic carbocycles. The number of nitrogens with one attached hydrogen (secondary N) is 1. The van der Waals surface area contributed by atoms with Gasteiger partial charge in [-0.3, -0.25) is 10.1 Å². The lowest BCUT2D eigenvalue weighted by molar-refractivity contribution is -0.145. The van der Waals surface area contributed by atoms with Crippen LogP contribution in [0.25, 0.3) is 0 Å². The molecular formula is C16H30N2O2. The van der Waals surface area contributed by atoms with Crippen LogP contribution >= 0.6 is 0 Å². The number of carbonyl (C=O) groups is 1. The molecule has 116 valence electrons. The third-order valence-corrected chi connectivity index (χ3v) is 5.13. The standard InChI is InChI=1S/C16H30N2O2/c1-12(2)17-16(14(19)20)6-5-13(11-16)18-9-7-15(3,4)8-10-18/h12-13,17H,5-11H2,1-4H3,(H,19,20). The van der Waals surface area contributed by atoms with Gasteiger partial charge in [0.2, 0.25) is 0 Å². The van der Waals surface area contributed by atoms with Gasteiger partial charge in [-0.2, -0.15) is 0 Å². The Kier molecular flexibility index (Phi) is 4.45. The van der Waals surface area contributed by atoms with Gasteiger partial charge >= 0.3 is 5.97 Å². The fourth-order valence-corrected chi connectivity index (χ4v) is 3.77. The molecule has 0 spiro atoms. The highest BCUT2D eigenvalue weighted by Gasteiger charge is 2.47. The van der Waals surface area contributed by atoms with Crippen LogP contribution in [0.3, 0.4) is 0 Å². The summed E-state index contributed by atoms with van der Waals surface area (Å²) < 4.78 is 0. The predicted molar refractivity (Wildman–Crippen MR) is 80.9 cm³/mol. The molecule has 2 N–H and O–H groups in total. The minimum atomic E-state index is -0.703. The second-order valence-corrected chi connectivity index (χ2v) is 7.78. The van der Waals surface area contributed by atoms with E-state index in [9.17, 15) is 9.90 Å². The normalized spacial score (nSPS) is 34.5. The van der Waals surface area contributed by atoms with Crippen LogP contribution in [0.4, 0.5) is 0 Å². The largest absolute Gasteiger partial charge is 0.480 e. The lowest BCUT2D eigenvalue weighted by atomic mass is 9.82. The first-order valence-corrected chi connectivity index (χ1v) is 7.99. The average molecular weight is 282 g/mol. The maximum absolute atomic E-state index is 11.7. The Hall–Kier alpha value is -0.610. The van der Waals surface area contributed by atoms with Crippen molar-refractivity contribution in [1.82, 2.24) is 10.2 Å². The summed E-state index contributed by atoms with van der Waals surface area (Å²) in [4.78, 5) is 14.2. The van der Waals surface area contributed by atoms with E-state index in [1.807, 2.05) is 13.8 Å². The maximum Gasteiger partial charge on any atom is 0.323 e. The third-order valence-electron chi connectivity index (χ3n) is 5.13. The van der Waals surface area contributed by atoms with E-state index in [4.69, 9.17) is 0 Å². The lowest BCUT2D eigenvalue weighted by Gasteiger charge is -2.40. The van der Waals surface area contributed by atoms with Gasteiger partial charge in [-0.1, -0.05) is 13.8 Å². The van der Waals surface area contributed by atoms with Crippen LogP contribution in [0.2, 0.25) is 0 Å². The van der Waals surface area contributed by atoms with Crippen molar-refractivity contribution in [3.8, 4) is 0 Å². The van der Waals surface area contributed by atoms with E-state index < -0.39 is 11.5 Å². The van der Waals surface area contributed by atoms with Crippen molar-refractivity contribution in [2.24, 2.45) is 5.41 Å². The van der Waals surface area contributed by atoms with Gasteiger partial charge in [0, 0.05) is 12.1 Å². The Morgan fingerprint density at radius 1 is 1.25 bits per heavy atom. The molecule has 0 aromatic rings. The molecule has 2 fully saturated rings. The minimum absolute atomic E-state index is 0.213. The van der Waals surface area contributed by atoms with Gasteiger partial charge < -0.3 is 10.0 Å². The van der Waals surface area contributed by atoms with Crippen LogP contribution in [0.5, 0.6) is 0 Å². The van der Waals surface area contributed by atoms with Gasteiger partial charge in [0.25, 0.3) is 0 Å². The first-order valence-electron chi connectivity index (χ1n) is 7.99. The average Bonchev–Trinajstić information content (AvgIpc) is 2.73. The molecule has 1 heterocycles. The fraction of sp³-hybridized carbons (Fsp3) is 0.938. The molecule has 20 heavy (non-hydrogen) atoms. The highest BCUT2D eigenvalue weighted by atomic mass is 16.4. The molecule has 0 bridgehead atoms. The molecule has 4 nitrogen and oxygen atoms in total. The van der Waals surface area contributed by atoms with Crippen molar-refractivity contribution >= 4 is 5.97 Å². The quantitative estimate of drug-likeness (QED) is 0.832. The van der Waals surface area contributed by atoms with Crippen molar-refractivity contribution in [1.29, 1.82) is 0 Å². The molecule has 1 aliphatic heterocycles. The van der Waals surface area contributed by atoms with Crippen molar-refractivity contribution < 1.29 is 9.90 Å².